The monoisotopic (exact) mass is 396 g/mol. The first-order chi connectivity index (χ1) is 10.1. The van der Waals surface area contributed by atoms with E-state index >= 15 is 0 Å². The fraction of sp³-hybridized carbons (Fsp3) is 0.133. The highest BCUT2D eigenvalue weighted by atomic mass is 127. The lowest BCUT2D eigenvalue weighted by molar-refractivity contribution is -0.139. The van der Waals surface area contributed by atoms with Crippen LogP contribution in [0.3, 0.4) is 0 Å². The second-order valence-corrected chi connectivity index (χ2v) is 5.66. The molecule has 5 nitrogen and oxygen atoms in total. The van der Waals surface area contributed by atoms with Crippen LogP contribution in [0.1, 0.15) is 16.1 Å². The number of carbonyl (C=O) groups is 2. The Balaban J connectivity index is 2.07. The van der Waals surface area contributed by atoms with Crippen molar-refractivity contribution in [3.05, 3.63) is 63.5 Å². The number of aliphatic carboxylic acids is 1. The summed E-state index contributed by atoms with van der Waals surface area (Å²) < 4.78 is 1.07. The second kappa shape index (κ2) is 7.16. The van der Waals surface area contributed by atoms with E-state index in [1.54, 1.807) is 18.2 Å². The minimum atomic E-state index is -1.07. The van der Waals surface area contributed by atoms with Gasteiger partial charge in [0.25, 0.3) is 5.91 Å². The Morgan fingerprint density at radius 1 is 1.19 bits per heavy atom. The molecule has 2 N–H and O–H groups in total. The molecule has 6 heteroatoms. The smallest absolute Gasteiger partial charge is 0.326 e. The lowest BCUT2D eigenvalue weighted by Crippen LogP contribution is -2.42. The molecule has 0 spiro atoms. The SMILES string of the molecule is O=C(N[C@H](Cc1ccc(I)cc1)C(=O)O)c1ccccn1. The molecule has 1 atom stereocenters. The number of carbonyl (C=O) groups excluding carboxylic acids is 1. The molecule has 0 aliphatic heterocycles. The quantitative estimate of drug-likeness (QED) is 0.759. The highest BCUT2D eigenvalue weighted by molar-refractivity contribution is 14.1. The van der Waals surface area contributed by atoms with Crippen molar-refractivity contribution in [2.24, 2.45) is 0 Å². The van der Waals surface area contributed by atoms with Crippen LogP contribution in [-0.2, 0) is 11.2 Å². The highest BCUT2D eigenvalue weighted by Gasteiger charge is 2.21. The number of aromatic nitrogens is 1. The lowest BCUT2D eigenvalue weighted by Gasteiger charge is -2.14. The van der Waals surface area contributed by atoms with E-state index in [0.717, 1.165) is 9.13 Å². The van der Waals surface area contributed by atoms with Crippen LogP contribution < -0.4 is 5.32 Å². The summed E-state index contributed by atoms with van der Waals surface area (Å²) in [7, 11) is 0. The number of nitrogens with zero attached hydrogens (tertiary/aromatic N) is 1. The molecule has 1 amide bonds. The van der Waals surface area contributed by atoms with E-state index in [2.05, 4.69) is 32.9 Å². The number of rotatable bonds is 5. The number of hydrogen-bond donors (Lipinski definition) is 2. The van der Waals surface area contributed by atoms with Gasteiger partial charge in [-0.1, -0.05) is 18.2 Å². The van der Waals surface area contributed by atoms with Gasteiger partial charge in [-0.05, 0) is 52.4 Å². The van der Waals surface area contributed by atoms with Gasteiger partial charge >= 0.3 is 5.97 Å². The molecular weight excluding hydrogens is 383 g/mol. The standard InChI is InChI=1S/C15H13IN2O3/c16-11-6-4-10(5-7-11)9-13(15(20)21)18-14(19)12-3-1-2-8-17-12/h1-8,13H,9H2,(H,18,19)(H,20,21)/t13-/m1/s1. The molecule has 0 aliphatic carbocycles. The van der Waals surface area contributed by atoms with E-state index in [9.17, 15) is 14.7 Å². The normalized spacial score (nSPS) is 11.7. The third kappa shape index (κ3) is 4.52. The van der Waals surface area contributed by atoms with Crippen LogP contribution in [0.4, 0.5) is 0 Å². The summed E-state index contributed by atoms with van der Waals surface area (Å²) in [5.74, 6) is -1.56. The summed E-state index contributed by atoms with van der Waals surface area (Å²) in [5.41, 5.74) is 1.05. The van der Waals surface area contributed by atoms with Gasteiger partial charge in [0, 0.05) is 16.2 Å². The molecule has 1 aromatic heterocycles. The van der Waals surface area contributed by atoms with Crippen LogP contribution in [0.15, 0.2) is 48.7 Å². The zero-order valence-corrected chi connectivity index (χ0v) is 13.1. The number of carboxylic acids is 1. The van der Waals surface area contributed by atoms with Crippen molar-refractivity contribution in [1.29, 1.82) is 0 Å². The maximum Gasteiger partial charge on any atom is 0.326 e. The average molecular weight is 396 g/mol. The number of halogens is 1. The predicted octanol–water partition coefficient (Wildman–Crippen LogP) is 2.11. The minimum absolute atomic E-state index is 0.200. The van der Waals surface area contributed by atoms with Crippen molar-refractivity contribution in [1.82, 2.24) is 10.3 Å². The van der Waals surface area contributed by atoms with E-state index < -0.39 is 17.9 Å². The fourth-order valence-electron chi connectivity index (χ4n) is 1.79. The summed E-state index contributed by atoms with van der Waals surface area (Å²) in [6.45, 7) is 0. The maximum atomic E-state index is 12.0. The first-order valence-electron chi connectivity index (χ1n) is 6.25. The Hall–Kier alpha value is -1.96. The summed E-state index contributed by atoms with van der Waals surface area (Å²) in [6.07, 6.45) is 1.72. The second-order valence-electron chi connectivity index (χ2n) is 4.41. The van der Waals surface area contributed by atoms with Crippen LogP contribution in [0.2, 0.25) is 0 Å². The molecule has 108 valence electrons. The van der Waals surface area contributed by atoms with Crippen molar-refractivity contribution in [2.45, 2.75) is 12.5 Å². The summed E-state index contributed by atoms with van der Waals surface area (Å²) in [5, 5.41) is 11.7. The molecule has 21 heavy (non-hydrogen) atoms. The van der Waals surface area contributed by atoms with Crippen molar-refractivity contribution in [2.75, 3.05) is 0 Å². The van der Waals surface area contributed by atoms with Gasteiger partial charge in [0.15, 0.2) is 0 Å². The van der Waals surface area contributed by atoms with Gasteiger partial charge in [0.1, 0.15) is 11.7 Å². The molecule has 0 radical (unpaired) electrons. The number of benzene rings is 1. The van der Waals surface area contributed by atoms with Gasteiger partial charge in [-0.25, -0.2) is 4.79 Å². The number of hydrogen-bond acceptors (Lipinski definition) is 3. The average Bonchev–Trinajstić information content (AvgIpc) is 2.49. The van der Waals surface area contributed by atoms with E-state index in [1.165, 1.54) is 6.20 Å². The summed E-state index contributed by atoms with van der Waals surface area (Å²) in [6, 6.07) is 11.4. The molecule has 0 saturated heterocycles. The molecule has 0 bridgehead atoms. The fourth-order valence-corrected chi connectivity index (χ4v) is 2.15. The molecular formula is C15H13IN2O3. The summed E-state index contributed by atoms with van der Waals surface area (Å²) in [4.78, 5) is 27.2. The first-order valence-corrected chi connectivity index (χ1v) is 7.33. The first kappa shape index (κ1) is 15.4. The van der Waals surface area contributed by atoms with Crippen molar-refractivity contribution >= 4 is 34.5 Å². The Bertz CT molecular complexity index is 629. The molecule has 2 rings (SSSR count). The van der Waals surface area contributed by atoms with Crippen LogP contribution in [-0.4, -0.2) is 28.0 Å². The number of nitrogens with one attached hydrogen (secondary N) is 1. The van der Waals surface area contributed by atoms with Gasteiger partial charge < -0.3 is 10.4 Å². The molecule has 0 saturated carbocycles. The van der Waals surface area contributed by atoms with Gasteiger partial charge in [0.05, 0.1) is 0 Å². The third-order valence-electron chi connectivity index (χ3n) is 2.85. The molecule has 0 unspecified atom stereocenters. The van der Waals surface area contributed by atoms with Crippen LogP contribution in [0.5, 0.6) is 0 Å². The van der Waals surface area contributed by atoms with Crippen molar-refractivity contribution in [3.63, 3.8) is 0 Å². The van der Waals surface area contributed by atoms with E-state index in [4.69, 9.17) is 0 Å². The van der Waals surface area contributed by atoms with E-state index in [-0.39, 0.29) is 12.1 Å². The molecule has 0 aliphatic rings. The molecule has 1 heterocycles. The number of carboxylic acid groups (broad SMARTS) is 1. The summed E-state index contributed by atoms with van der Waals surface area (Å²) >= 11 is 2.18. The molecule has 2 aromatic rings. The Morgan fingerprint density at radius 2 is 1.90 bits per heavy atom. The predicted molar refractivity (Wildman–Crippen MR) is 86.0 cm³/mol. The zero-order valence-electron chi connectivity index (χ0n) is 11.0. The molecule has 1 aromatic carbocycles. The van der Waals surface area contributed by atoms with E-state index in [1.807, 2.05) is 24.3 Å². The van der Waals surface area contributed by atoms with Gasteiger partial charge in [-0.3, -0.25) is 9.78 Å². The third-order valence-corrected chi connectivity index (χ3v) is 3.57. The minimum Gasteiger partial charge on any atom is -0.480 e. The Morgan fingerprint density at radius 3 is 2.48 bits per heavy atom. The lowest BCUT2D eigenvalue weighted by atomic mass is 10.1. The Labute approximate surface area is 135 Å². The largest absolute Gasteiger partial charge is 0.480 e. The number of pyridine rings is 1. The maximum absolute atomic E-state index is 12.0. The van der Waals surface area contributed by atoms with Crippen molar-refractivity contribution < 1.29 is 14.7 Å². The number of amides is 1. The zero-order chi connectivity index (χ0) is 15.2. The topological polar surface area (TPSA) is 79.3 Å². The Kier molecular flexibility index (Phi) is 5.26. The van der Waals surface area contributed by atoms with Gasteiger partial charge in [-0.2, -0.15) is 0 Å². The van der Waals surface area contributed by atoms with Crippen molar-refractivity contribution in [3.8, 4) is 0 Å². The van der Waals surface area contributed by atoms with Gasteiger partial charge in [-0.15, -0.1) is 0 Å². The highest BCUT2D eigenvalue weighted by Crippen LogP contribution is 2.09. The van der Waals surface area contributed by atoms with Crippen LogP contribution in [0, 0.1) is 3.57 Å². The van der Waals surface area contributed by atoms with Crippen LogP contribution in [0.25, 0.3) is 0 Å². The van der Waals surface area contributed by atoms with Crippen LogP contribution >= 0.6 is 22.6 Å². The molecule has 0 fully saturated rings. The van der Waals surface area contributed by atoms with Gasteiger partial charge in [0.2, 0.25) is 0 Å². The van der Waals surface area contributed by atoms with E-state index in [0.29, 0.717) is 0 Å².